The summed E-state index contributed by atoms with van der Waals surface area (Å²) in [5.74, 6) is 0.511. The van der Waals surface area contributed by atoms with Crippen molar-refractivity contribution in [3.05, 3.63) is 48.0 Å². The van der Waals surface area contributed by atoms with E-state index >= 15 is 0 Å². The van der Waals surface area contributed by atoms with Gasteiger partial charge in [-0.2, -0.15) is 0 Å². The molecular weight excluding hydrogens is 274 g/mol. The fraction of sp³-hybridized carbons (Fsp3) is 0.316. The van der Waals surface area contributed by atoms with Crippen LogP contribution in [0.4, 0.5) is 0 Å². The minimum atomic E-state index is -0.280. The summed E-state index contributed by atoms with van der Waals surface area (Å²) in [5, 5.41) is 2.35. The lowest BCUT2D eigenvalue weighted by Gasteiger charge is -2.26. The number of aromatic nitrogens is 1. The van der Waals surface area contributed by atoms with Gasteiger partial charge in [0.05, 0.1) is 12.7 Å². The lowest BCUT2D eigenvalue weighted by atomic mass is 9.85. The third kappa shape index (κ3) is 2.00. The average molecular weight is 293 g/mol. The number of carbonyl (C=O) groups is 1. The molecule has 1 aliphatic rings. The first-order valence-electron chi connectivity index (χ1n) is 7.87. The summed E-state index contributed by atoms with van der Waals surface area (Å²) in [6, 6.07) is 14.3. The Morgan fingerprint density at radius 2 is 1.91 bits per heavy atom. The second-order valence-corrected chi connectivity index (χ2v) is 6.15. The minimum Gasteiger partial charge on any atom is -0.465 e. The number of methoxy groups -OCH3 is 1. The summed E-state index contributed by atoms with van der Waals surface area (Å²) in [6.07, 6.45) is 4.01. The highest BCUT2D eigenvalue weighted by molar-refractivity contribution is 6.10. The Balaban J connectivity index is 1.94. The van der Waals surface area contributed by atoms with Gasteiger partial charge in [0.2, 0.25) is 0 Å². The van der Waals surface area contributed by atoms with Gasteiger partial charge in [0.1, 0.15) is 0 Å². The third-order valence-electron chi connectivity index (χ3n) is 4.86. The Morgan fingerprint density at radius 3 is 2.64 bits per heavy atom. The van der Waals surface area contributed by atoms with Crippen LogP contribution < -0.4 is 0 Å². The van der Waals surface area contributed by atoms with E-state index in [9.17, 15) is 4.79 Å². The molecule has 1 heterocycles. The number of esters is 1. The molecule has 1 aliphatic carbocycles. The summed E-state index contributed by atoms with van der Waals surface area (Å²) < 4.78 is 7.26. The number of hydrogen-bond acceptors (Lipinski definition) is 2. The second kappa shape index (κ2) is 5.16. The van der Waals surface area contributed by atoms with Crippen LogP contribution in [-0.2, 0) is 11.3 Å². The van der Waals surface area contributed by atoms with Gasteiger partial charge in [-0.25, -0.2) is 4.79 Å². The van der Waals surface area contributed by atoms with Crippen molar-refractivity contribution in [3.63, 3.8) is 0 Å². The number of rotatable bonds is 3. The zero-order valence-corrected chi connectivity index (χ0v) is 12.7. The maximum absolute atomic E-state index is 11.8. The Morgan fingerprint density at radius 1 is 1.14 bits per heavy atom. The van der Waals surface area contributed by atoms with Gasteiger partial charge in [0.25, 0.3) is 0 Å². The lowest BCUT2D eigenvalue weighted by Crippen LogP contribution is -2.17. The number of fused-ring (bicyclic) bond motifs is 3. The van der Waals surface area contributed by atoms with Gasteiger partial charge in [0.15, 0.2) is 0 Å². The molecule has 3 aromatic rings. The summed E-state index contributed by atoms with van der Waals surface area (Å²) >= 11 is 0. The molecule has 0 radical (unpaired) electrons. The molecule has 1 aromatic heterocycles. The van der Waals surface area contributed by atoms with Gasteiger partial charge in [-0.1, -0.05) is 24.6 Å². The smallest absolute Gasteiger partial charge is 0.337 e. The predicted octanol–water partition coefficient (Wildman–Crippen LogP) is 4.38. The monoisotopic (exact) mass is 293 g/mol. The van der Waals surface area contributed by atoms with Gasteiger partial charge >= 0.3 is 5.97 Å². The quantitative estimate of drug-likeness (QED) is 0.671. The maximum atomic E-state index is 11.8. The Labute approximate surface area is 129 Å². The van der Waals surface area contributed by atoms with E-state index in [1.165, 1.54) is 42.8 Å². The van der Waals surface area contributed by atoms with Crippen molar-refractivity contribution in [1.82, 2.24) is 4.57 Å². The largest absolute Gasteiger partial charge is 0.465 e. The molecule has 22 heavy (non-hydrogen) atoms. The molecule has 0 bridgehead atoms. The van der Waals surface area contributed by atoms with Crippen molar-refractivity contribution < 1.29 is 9.53 Å². The molecule has 4 rings (SSSR count). The number of para-hydroxylation sites is 1. The highest BCUT2D eigenvalue weighted by Gasteiger charge is 2.21. The number of carbonyl (C=O) groups excluding carboxylic acids is 1. The molecule has 2 aromatic carbocycles. The first-order chi connectivity index (χ1) is 10.8. The van der Waals surface area contributed by atoms with Crippen LogP contribution in [0.1, 0.15) is 29.6 Å². The van der Waals surface area contributed by atoms with Crippen molar-refractivity contribution in [2.75, 3.05) is 7.11 Å². The first-order valence-corrected chi connectivity index (χ1v) is 7.87. The SMILES string of the molecule is COC(=O)c1ccc2c(c1)c1ccccc1n2CC1CCC1. The van der Waals surface area contributed by atoms with E-state index < -0.39 is 0 Å². The van der Waals surface area contributed by atoms with E-state index in [-0.39, 0.29) is 5.97 Å². The van der Waals surface area contributed by atoms with Crippen LogP contribution in [0.5, 0.6) is 0 Å². The van der Waals surface area contributed by atoms with E-state index in [2.05, 4.69) is 34.9 Å². The highest BCUT2D eigenvalue weighted by atomic mass is 16.5. The van der Waals surface area contributed by atoms with E-state index in [0.29, 0.717) is 5.56 Å². The topological polar surface area (TPSA) is 31.2 Å². The van der Waals surface area contributed by atoms with Gasteiger partial charge < -0.3 is 9.30 Å². The lowest BCUT2D eigenvalue weighted by molar-refractivity contribution is 0.0601. The molecule has 0 aliphatic heterocycles. The zero-order chi connectivity index (χ0) is 15.1. The summed E-state index contributed by atoms with van der Waals surface area (Å²) in [4.78, 5) is 11.8. The molecule has 0 unspecified atom stereocenters. The van der Waals surface area contributed by atoms with Crippen LogP contribution in [0.25, 0.3) is 21.8 Å². The van der Waals surface area contributed by atoms with Crippen LogP contribution in [0.15, 0.2) is 42.5 Å². The van der Waals surface area contributed by atoms with Gasteiger partial charge in [-0.05, 0) is 43.0 Å². The maximum Gasteiger partial charge on any atom is 0.337 e. The highest BCUT2D eigenvalue weighted by Crippen LogP contribution is 2.34. The molecule has 3 heteroatoms. The number of benzene rings is 2. The van der Waals surface area contributed by atoms with Crippen LogP contribution in [0.2, 0.25) is 0 Å². The zero-order valence-electron chi connectivity index (χ0n) is 12.7. The summed E-state index contributed by atoms with van der Waals surface area (Å²) in [7, 11) is 1.42. The van der Waals surface area contributed by atoms with Crippen molar-refractivity contribution in [2.45, 2.75) is 25.8 Å². The van der Waals surface area contributed by atoms with Crippen molar-refractivity contribution >= 4 is 27.8 Å². The van der Waals surface area contributed by atoms with E-state index in [1.54, 1.807) is 0 Å². The van der Waals surface area contributed by atoms with Crippen molar-refractivity contribution in [3.8, 4) is 0 Å². The van der Waals surface area contributed by atoms with Gasteiger partial charge in [-0.15, -0.1) is 0 Å². The van der Waals surface area contributed by atoms with Crippen LogP contribution in [-0.4, -0.2) is 17.6 Å². The Kier molecular flexibility index (Phi) is 3.14. The fourth-order valence-corrected chi connectivity index (χ4v) is 3.43. The molecule has 1 fully saturated rings. The number of hydrogen-bond donors (Lipinski definition) is 0. The number of nitrogens with zero attached hydrogens (tertiary/aromatic N) is 1. The molecular formula is C19H19NO2. The minimum absolute atomic E-state index is 0.280. The second-order valence-electron chi connectivity index (χ2n) is 6.15. The van der Waals surface area contributed by atoms with Crippen molar-refractivity contribution in [1.29, 1.82) is 0 Å². The van der Waals surface area contributed by atoms with E-state index in [1.807, 2.05) is 12.1 Å². The average Bonchev–Trinajstić information content (AvgIpc) is 2.83. The molecule has 0 saturated heterocycles. The van der Waals surface area contributed by atoms with E-state index in [0.717, 1.165) is 17.8 Å². The third-order valence-corrected chi connectivity index (χ3v) is 4.86. The predicted molar refractivity (Wildman–Crippen MR) is 88.1 cm³/mol. The fourth-order valence-electron chi connectivity index (χ4n) is 3.43. The molecule has 0 spiro atoms. The van der Waals surface area contributed by atoms with E-state index in [4.69, 9.17) is 4.74 Å². The van der Waals surface area contributed by atoms with Gasteiger partial charge in [0, 0.05) is 28.4 Å². The Hall–Kier alpha value is -2.29. The molecule has 0 N–H and O–H groups in total. The molecule has 0 amide bonds. The van der Waals surface area contributed by atoms with Crippen LogP contribution in [0, 0.1) is 5.92 Å². The summed E-state index contributed by atoms with van der Waals surface area (Å²) in [6.45, 7) is 1.07. The molecule has 1 saturated carbocycles. The molecule has 0 atom stereocenters. The number of ether oxygens (including phenoxy) is 1. The Bertz CT molecular complexity index is 858. The van der Waals surface area contributed by atoms with Crippen molar-refractivity contribution in [2.24, 2.45) is 5.92 Å². The van der Waals surface area contributed by atoms with Gasteiger partial charge in [-0.3, -0.25) is 0 Å². The molecule has 112 valence electrons. The van der Waals surface area contributed by atoms with Crippen LogP contribution >= 0.6 is 0 Å². The summed E-state index contributed by atoms with van der Waals surface area (Å²) in [5.41, 5.74) is 3.08. The standard InChI is InChI=1S/C19H19NO2/c1-22-19(21)14-9-10-18-16(11-14)15-7-2-3-8-17(15)20(18)12-13-5-4-6-13/h2-3,7-11,13H,4-6,12H2,1H3. The van der Waals surface area contributed by atoms with Crippen LogP contribution in [0.3, 0.4) is 0 Å². The molecule has 3 nitrogen and oxygen atoms in total. The first kappa shape index (κ1) is 13.4. The normalized spacial score (nSPS) is 15.1.